The number of aromatic hydroxyl groups is 1. The van der Waals surface area contributed by atoms with Crippen molar-refractivity contribution in [1.29, 1.82) is 0 Å². The molecule has 1 aromatic heterocycles. The second-order valence-electron chi connectivity index (χ2n) is 8.87. The van der Waals surface area contributed by atoms with Crippen molar-refractivity contribution in [3.8, 4) is 11.5 Å². The van der Waals surface area contributed by atoms with E-state index < -0.39 is 7.25 Å². The van der Waals surface area contributed by atoms with Gasteiger partial charge in [0, 0.05) is 18.2 Å². The van der Waals surface area contributed by atoms with Gasteiger partial charge in [0.05, 0.1) is 12.5 Å². The molecule has 1 heterocycles. The molecule has 1 N–H and O–H groups in total. The predicted molar refractivity (Wildman–Crippen MR) is 114 cm³/mol. The van der Waals surface area contributed by atoms with E-state index in [0.717, 1.165) is 17.1 Å². The van der Waals surface area contributed by atoms with Gasteiger partial charge in [-0.05, 0) is 55.5 Å². The highest BCUT2D eigenvalue weighted by molar-refractivity contribution is 6.50. The Labute approximate surface area is 175 Å². The molecule has 0 bridgehead atoms. The molecule has 0 saturated heterocycles. The van der Waals surface area contributed by atoms with Crippen LogP contribution in [0.4, 0.5) is 17.3 Å². The first-order valence-corrected chi connectivity index (χ1v) is 9.42. The second-order valence-corrected chi connectivity index (χ2v) is 8.87. The van der Waals surface area contributed by atoms with E-state index >= 15 is 0 Å². The van der Waals surface area contributed by atoms with Crippen molar-refractivity contribution < 1.29 is 31.5 Å². The first kappa shape index (κ1) is 25.5. The third kappa shape index (κ3) is 8.88. The summed E-state index contributed by atoms with van der Waals surface area (Å²) in [6, 6.07) is 9.50. The van der Waals surface area contributed by atoms with Gasteiger partial charge in [0.15, 0.2) is 11.5 Å². The zero-order valence-electron chi connectivity index (χ0n) is 18.4. The van der Waals surface area contributed by atoms with Gasteiger partial charge in [-0.25, -0.2) is 4.42 Å². The summed E-state index contributed by atoms with van der Waals surface area (Å²) in [5.74, 6) is 2.36. The molecule has 0 radical (unpaired) electrons. The molecule has 166 valence electrons. The number of phenolic OH excluding ortho intramolecular Hbond substituents is 1. The second kappa shape index (κ2) is 9.54. The summed E-state index contributed by atoms with van der Waals surface area (Å²) in [6.45, 7) is 13.1. The fraction of sp³-hybridized carbons (Fsp3) is 0.409. The van der Waals surface area contributed by atoms with Gasteiger partial charge in [-0.15, -0.1) is 0 Å². The average Bonchev–Trinajstić information content (AvgIpc) is 2.58. The van der Waals surface area contributed by atoms with Crippen molar-refractivity contribution in [3.05, 3.63) is 53.0 Å². The molecule has 1 aromatic carbocycles. The number of halogens is 4. The Balaban J connectivity index is 0.000000804. The fourth-order valence-corrected chi connectivity index (χ4v) is 2.38. The number of ether oxygens (including phenoxy) is 1. The smallest absolute Gasteiger partial charge is 0.504 e. The number of rotatable bonds is 3. The van der Waals surface area contributed by atoms with Crippen LogP contribution in [0.5, 0.6) is 11.5 Å². The molecule has 0 amide bonds. The van der Waals surface area contributed by atoms with Crippen LogP contribution < -0.4 is 4.74 Å². The van der Waals surface area contributed by atoms with Crippen LogP contribution in [-0.2, 0) is 10.8 Å². The monoisotopic (exact) mass is 428 g/mol. The Kier molecular flexibility index (Phi) is 8.12. The first-order chi connectivity index (χ1) is 13.5. The molecule has 0 spiro atoms. The van der Waals surface area contributed by atoms with Gasteiger partial charge in [-0.3, -0.25) is 0 Å². The van der Waals surface area contributed by atoms with Gasteiger partial charge in [0.1, 0.15) is 0 Å². The minimum absolute atomic E-state index is 0.0428. The molecule has 0 aliphatic rings. The zero-order valence-corrected chi connectivity index (χ0v) is 18.4. The summed E-state index contributed by atoms with van der Waals surface area (Å²) in [7, 11) is -4.46. The minimum Gasteiger partial charge on any atom is -0.504 e. The fourth-order valence-electron chi connectivity index (χ4n) is 2.38. The van der Waals surface area contributed by atoms with E-state index in [-0.39, 0.29) is 16.6 Å². The standard InChI is InChI=1S/C22H28O3.BF4/c1-21(2,3)16-13-17(25-20(14-16)22(4,5)6)10-8-15-9-11-18(23)19(12-15)24-7;2-1(3,4)5/h8-14H,1-7H3;/q;-1/p+1/b10-8+;. The molecule has 30 heavy (non-hydrogen) atoms. The molecule has 0 aliphatic heterocycles. The summed E-state index contributed by atoms with van der Waals surface area (Å²) >= 11 is 0. The highest BCUT2D eigenvalue weighted by Crippen LogP contribution is 2.31. The van der Waals surface area contributed by atoms with Gasteiger partial charge < -0.3 is 27.1 Å². The Bertz CT molecular complexity index is 841. The van der Waals surface area contributed by atoms with Gasteiger partial charge in [0.2, 0.25) is 0 Å². The quantitative estimate of drug-likeness (QED) is 0.316. The topological polar surface area (TPSA) is 40.8 Å². The summed E-state index contributed by atoms with van der Waals surface area (Å²) in [4.78, 5) is 0. The first-order valence-electron chi connectivity index (χ1n) is 9.42. The summed E-state index contributed by atoms with van der Waals surface area (Å²) < 4.78 is 50.3. The zero-order chi connectivity index (χ0) is 23.3. The van der Waals surface area contributed by atoms with Crippen LogP contribution in [-0.4, -0.2) is 19.5 Å². The van der Waals surface area contributed by atoms with E-state index in [4.69, 9.17) is 9.15 Å². The Morgan fingerprint density at radius 1 is 0.900 bits per heavy atom. The van der Waals surface area contributed by atoms with E-state index in [0.29, 0.717) is 5.75 Å². The van der Waals surface area contributed by atoms with Crippen molar-refractivity contribution in [2.24, 2.45) is 0 Å². The van der Waals surface area contributed by atoms with Crippen molar-refractivity contribution >= 4 is 19.4 Å². The highest BCUT2D eigenvalue weighted by Gasteiger charge is 2.30. The van der Waals surface area contributed by atoms with Crippen molar-refractivity contribution in [1.82, 2.24) is 0 Å². The van der Waals surface area contributed by atoms with E-state index in [1.54, 1.807) is 19.2 Å². The SMILES string of the molecule is COc1cc(/C=C/c2cc(C(C)(C)C)cc(C(C)(C)C)[o+]2)ccc1O.F[B-](F)(F)F. The largest absolute Gasteiger partial charge is 0.673 e. The number of hydrogen-bond acceptors (Lipinski definition) is 2. The van der Waals surface area contributed by atoms with E-state index in [1.165, 1.54) is 5.56 Å². The molecule has 0 aliphatic carbocycles. The van der Waals surface area contributed by atoms with E-state index in [2.05, 4.69) is 53.7 Å². The minimum atomic E-state index is -6.00. The molecule has 2 aromatic rings. The summed E-state index contributed by atoms with van der Waals surface area (Å²) in [5.41, 5.74) is 2.15. The van der Waals surface area contributed by atoms with E-state index in [1.807, 2.05) is 18.2 Å². The van der Waals surface area contributed by atoms with Crippen molar-refractivity contribution in [3.63, 3.8) is 0 Å². The maximum Gasteiger partial charge on any atom is 0.673 e. The summed E-state index contributed by atoms with van der Waals surface area (Å²) in [6.07, 6.45) is 3.91. The highest BCUT2D eigenvalue weighted by atomic mass is 19.5. The lowest BCUT2D eigenvalue weighted by Crippen LogP contribution is -2.16. The Morgan fingerprint density at radius 3 is 1.93 bits per heavy atom. The van der Waals surface area contributed by atoms with Gasteiger partial charge >= 0.3 is 18.8 Å². The maximum atomic E-state index is 9.75. The molecule has 0 saturated carbocycles. The van der Waals surface area contributed by atoms with Crippen LogP contribution in [0.15, 0.2) is 34.7 Å². The lowest BCUT2D eigenvalue weighted by Gasteiger charge is -2.19. The molecule has 0 unspecified atom stereocenters. The van der Waals surface area contributed by atoms with Gasteiger partial charge in [0.25, 0.3) is 0 Å². The van der Waals surface area contributed by atoms with Crippen molar-refractivity contribution in [2.45, 2.75) is 52.4 Å². The van der Waals surface area contributed by atoms with Crippen LogP contribution >= 0.6 is 0 Å². The third-order valence-electron chi connectivity index (χ3n) is 4.06. The van der Waals surface area contributed by atoms with Gasteiger partial charge in [-0.1, -0.05) is 26.8 Å². The predicted octanol–water partition coefficient (Wildman–Crippen LogP) is 7.34. The molecular weight excluding hydrogens is 399 g/mol. The molecule has 2 rings (SSSR count). The molecule has 0 fully saturated rings. The van der Waals surface area contributed by atoms with Crippen LogP contribution in [0.25, 0.3) is 12.2 Å². The number of hydrogen-bond donors (Lipinski definition) is 1. The number of methoxy groups -OCH3 is 1. The lowest BCUT2D eigenvalue weighted by molar-refractivity contribution is 0.368. The summed E-state index contributed by atoms with van der Waals surface area (Å²) in [5, 5.41) is 9.70. The molecule has 8 heteroatoms. The Hall–Kier alpha value is -2.51. The maximum absolute atomic E-state index is 9.75. The molecule has 0 atom stereocenters. The van der Waals surface area contributed by atoms with Crippen molar-refractivity contribution in [2.75, 3.05) is 7.11 Å². The van der Waals surface area contributed by atoms with E-state index in [9.17, 15) is 22.4 Å². The normalized spacial score (nSPS) is 12.5. The molecule has 3 nitrogen and oxygen atoms in total. The molecular formula is C22H29BF4O3. The number of benzene rings is 1. The number of phenols is 1. The van der Waals surface area contributed by atoms with Crippen LogP contribution in [0, 0.1) is 0 Å². The lowest BCUT2D eigenvalue weighted by atomic mass is 9.84. The third-order valence-corrected chi connectivity index (χ3v) is 4.06. The average molecular weight is 428 g/mol. The van der Waals surface area contributed by atoms with Gasteiger partial charge in [-0.2, -0.15) is 0 Å². The van der Waals surface area contributed by atoms with Crippen LogP contribution in [0.3, 0.4) is 0 Å². The van der Waals surface area contributed by atoms with Crippen LogP contribution in [0.2, 0.25) is 0 Å². The Morgan fingerprint density at radius 2 is 1.47 bits per heavy atom. The van der Waals surface area contributed by atoms with Crippen LogP contribution in [0.1, 0.15) is 64.2 Å².